The van der Waals surface area contributed by atoms with Gasteiger partial charge in [0.25, 0.3) is 0 Å². The molecule has 5 nitrogen and oxygen atoms in total. The predicted molar refractivity (Wildman–Crippen MR) is 124 cm³/mol. The fourth-order valence-corrected chi connectivity index (χ4v) is 4.08. The van der Waals surface area contributed by atoms with Gasteiger partial charge in [-0.3, -0.25) is 14.5 Å². The van der Waals surface area contributed by atoms with E-state index in [0.29, 0.717) is 18.2 Å². The van der Waals surface area contributed by atoms with E-state index in [9.17, 15) is 9.59 Å². The van der Waals surface area contributed by atoms with Crippen LogP contribution in [0, 0.1) is 19.3 Å². The van der Waals surface area contributed by atoms with Crippen molar-refractivity contribution in [1.82, 2.24) is 10.3 Å². The molecule has 0 bridgehead atoms. The zero-order valence-electron chi connectivity index (χ0n) is 18.3. The van der Waals surface area contributed by atoms with Gasteiger partial charge < -0.3 is 5.32 Å². The van der Waals surface area contributed by atoms with Crippen LogP contribution in [-0.2, 0) is 16.1 Å². The van der Waals surface area contributed by atoms with E-state index in [2.05, 4.69) is 31.3 Å². The van der Waals surface area contributed by atoms with E-state index in [1.807, 2.05) is 51.1 Å². The Morgan fingerprint density at radius 1 is 1.07 bits per heavy atom. The van der Waals surface area contributed by atoms with Crippen LogP contribution in [0.3, 0.4) is 0 Å². The Labute approximate surface area is 182 Å². The molecule has 0 saturated carbocycles. The van der Waals surface area contributed by atoms with E-state index in [1.165, 1.54) is 16.9 Å². The number of rotatable bonds is 6. The average molecular weight is 424 g/mol. The molecule has 0 aliphatic heterocycles. The van der Waals surface area contributed by atoms with Crippen molar-refractivity contribution in [1.29, 1.82) is 0 Å². The lowest BCUT2D eigenvalue weighted by molar-refractivity contribution is -0.128. The quantitative estimate of drug-likeness (QED) is 0.607. The molecule has 158 valence electrons. The van der Waals surface area contributed by atoms with Gasteiger partial charge in [-0.15, -0.1) is 0 Å². The molecule has 3 aromatic rings. The summed E-state index contributed by atoms with van der Waals surface area (Å²) in [5.41, 5.74) is 3.83. The van der Waals surface area contributed by atoms with Gasteiger partial charge in [-0.1, -0.05) is 68.5 Å². The van der Waals surface area contributed by atoms with Gasteiger partial charge >= 0.3 is 0 Å². The smallest absolute Gasteiger partial charge is 0.230 e. The van der Waals surface area contributed by atoms with E-state index < -0.39 is 5.41 Å². The number of nitrogens with zero attached hydrogens (tertiary/aromatic N) is 2. The van der Waals surface area contributed by atoms with Gasteiger partial charge in [0.15, 0.2) is 5.13 Å². The van der Waals surface area contributed by atoms with Crippen molar-refractivity contribution in [3.8, 4) is 0 Å². The minimum atomic E-state index is -0.477. The number of thiazole rings is 1. The molecule has 0 radical (unpaired) electrons. The third kappa shape index (κ3) is 5.05. The third-order valence-corrected chi connectivity index (χ3v) is 6.14. The second-order valence-electron chi connectivity index (χ2n) is 8.57. The zero-order chi connectivity index (χ0) is 21.9. The summed E-state index contributed by atoms with van der Waals surface area (Å²) in [6.07, 6.45) is 0.225. The molecule has 0 aliphatic rings. The van der Waals surface area contributed by atoms with Crippen LogP contribution in [0.1, 0.15) is 43.9 Å². The first-order chi connectivity index (χ1) is 14.2. The number of carbonyl (C=O) groups is 2. The maximum Gasteiger partial charge on any atom is 0.230 e. The van der Waals surface area contributed by atoms with Crippen LogP contribution in [0.15, 0.2) is 42.5 Å². The Morgan fingerprint density at radius 2 is 1.77 bits per heavy atom. The molecule has 0 fully saturated rings. The van der Waals surface area contributed by atoms with Crippen LogP contribution in [0.2, 0.25) is 0 Å². The molecule has 2 amide bonds. The van der Waals surface area contributed by atoms with Gasteiger partial charge in [0.2, 0.25) is 11.8 Å². The molecule has 0 aliphatic carbocycles. The topological polar surface area (TPSA) is 62.3 Å². The number of hydrogen-bond donors (Lipinski definition) is 1. The van der Waals surface area contributed by atoms with E-state index in [-0.39, 0.29) is 18.2 Å². The van der Waals surface area contributed by atoms with Crippen molar-refractivity contribution in [2.75, 3.05) is 11.4 Å². The fourth-order valence-electron chi connectivity index (χ4n) is 3.04. The number of anilines is 1. The molecule has 0 unspecified atom stereocenters. The Bertz CT molecular complexity index is 1050. The third-order valence-electron chi connectivity index (χ3n) is 5.09. The Balaban J connectivity index is 1.84. The van der Waals surface area contributed by atoms with Crippen molar-refractivity contribution in [3.63, 3.8) is 0 Å². The summed E-state index contributed by atoms with van der Waals surface area (Å²) in [5.74, 6) is -0.113. The maximum atomic E-state index is 13.1. The van der Waals surface area contributed by atoms with Crippen LogP contribution >= 0.6 is 11.3 Å². The van der Waals surface area contributed by atoms with Gasteiger partial charge in [0.1, 0.15) is 0 Å². The van der Waals surface area contributed by atoms with E-state index in [1.54, 1.807) is 4.90 Å². The first-order valence-electron chi connectivity index (χ1n) is 10.2. The number of aromatic nitrogens is 1. The van der Waals surface area contributed by atoms with Gasteiger partial charge in [-0.05, 0) is 36.6 Å². The Morgan fingerprint density at radius 3 is 2.43 bits per heavy atom. The van der Waals surface area contributed by atoms with Crippen LogP contribution < -0.4 is 10.2 Å². The summed E-state index contributed by atoms with van der Waals surface area (Å²) < 4.78 is 1.07. The number of amides is 2. The summed E-state index contributed by atoms with van der Waals surface area (Å²) in [6.45, 7) is 10.5. The fraction of sp³-hybridized carbons (Fsp3) is 0.375. The summed E-state index contributed by atoms with van der Waals surface area (Å²) in [5, 5.41) is 3.55. The van der Waals surface area contributed by atoms with Crippen molar-refractivity contribution in [2.45, 2.75) is 47.6 Å². The van der Waals surface area contributed by atoms with E-state index in [0.717, 1.165) is 21.3 Å². The van der Waals surface area contributed by atoms with E-state index in [4.69, 9.17) is 4.98 Å². The Hall–Kier alpha value is -2.73. The van der Waals surface area contributed by atoms with Crippen LogP contribution in [0.5, 0.6) is 0 Å². The normalized spacial score (nSPS) is 11.5. The van der Waals surface area contributed by atoms with Gasteiger partial charge in [0.05, 0.1) is 16.8 Å². The number of nitrogens with one attached hydrogen (secondary N) is 1. The maximum absolute atomic E-state index is 13.1. The van der Waals surface area contributed by atoms with Crippen molar-refractivity contribution >= 4 is 38.5 Å². The number of carbonyl (C=O) groups excluding carboxylic acids is 2. The molecule has 0 saturated heterocycles. The number of aryl methyl sites for hydroxylation is 2. The van der Waals surface area contributed by atoms with Crippen LogP contribution in [-0.4, -0.2) is 23.3 Å². The lowest BCUT2D eigenvalue weighted by Crippen LogP contribution is -2.38. The predicted octanol–water partition coefficient (Wildman–Crippen LogP) is 5.00. The molecule has 1 N–H and O–H groups in total. The van der Waals surface area contributed by atoms with Crippen molar-refractivity contribution in [3.05, 3.63) is 59.2 Å². The molecule has 1 heterocycles. The number of fused-ring (bicyclic) bond motifs is 1. The highest BCUT2D eigenvalue weighted by Crippen LogP contribution is 2.33. The van der Waals surface area contributed by atoms with Crippen molar-refractivity contribution in [2.24, 2.45) is 5.41 Å². The van der Waals surface area contributed by atoms with Gasteiger partial charge in [0, 0.05) is 18.4 Å². The second kappa shape index (κ2) is 8.96. The molecule has 6 heteroatoms. The lowest BCUT2D eigenvalue weighted by atomic mass is 9.96. The largest absolute Gasteiger partial charge is 0.355 e. The first kappa shape index (κ1) is 22.0. The average Bonchev–Trinajstić information content (AvgIpc) is 3.13. The molecular weight excluding hydrogens is 394 g/mol. The molecule has 2 aromatic carbocycles. The minimum absolute atomic E-state index is 0.0542. The highest BCUT2D eigenvalue weighted by Gasteiger charge is 2.23. The molecule has 1 aromatic heterocycles. The Kier molecular flexibility index (Phi) is 6.56. The summed E-state index contributed by atoms with van der Waals surface area (Å²) in [4.78, 5) is 31.8. The summed E-state index contributed by atoms with van der Waals surface area (Å²) >= 11 is 1.53. The van der Waals surface area contributed by atoms with Crippen molar-refractivity contribution < 1.29 is 9.59 Å². The molecule has 3 rings (SSSR count). The molecule has 0 atom stereocenters. The standard InChI is InChI=1S/C24H29N3O2S/c1-16-11-12-19-21(17(16)2)26-23(30-19)27(15-18-9-7-6-8-10-18)20(28)13-14-25-22(29)24(3,4)5/h6-12H,13-15H2,1-5H3,(H,25,29). The minimum Gasteiger partial charge on any atom is -0.355 e. The number of benzene rings is 2. The monoisotopic (exact) mass is 423 g/mol. The van der Waals surface area contributed by atoms with Gasteiger partial charge in [-0.2, -0.15) is 0 Å². The lowest BCUT2D eigenvalue weighted by Gasteiger charge is -2.21. The second-order valence-corrected chi connectivity index (χ2v) is 9.58. The van der Waals surface area contributed by atoms with Gasteiger partial charge in [-0.25, -0.2) is 4.98 Å². The van der Waals surface area contributed by atoms with Crippen LogP contribution in [0.25, 0.3) is 10.2 Å². The summed E-state index contributed by atoms with van der Waals surface area (Å²) in [7, 11) is 0. The SMILES string of the molecule is Cc1ccc2sc(N(Cc3ccccc3)C(=O)CCNC(=O)C(C)(C)C)nc2c1C. The number of hydrogen-bond acceptors (Lipinski definition) is 4. The highest BCUT2D eigenvalue weighted by molar-refractivity contribution is 7.22. The molecule has 30 heavy (non-hydrogen) atoms. The van der Waals surface area contributed by atoms with Crippen LogP contribution in [0.4, 0.5) is 5.13 Å². The zero-order valence-corrected chi connectivity index (χ0v) is 19.1. The van der Waals surface area contributed by atoms with E-state index >= 15 is 0 Å². The summed E-state index contributed by atoms with van der Waals surface area (Å²) in [6, 6.07) is 14.1. The molecule has 0 spiro atoms. The highest BCUT2D eigenvalue weighted by atomic mass is 32.1. The molecular formula is C24H29N3O2S. The first-order valence-corrected chi connectivity index (χ1v) is 11.0.